The van der Waals surface area contributed by atoms with Crippen LogP contribution in [0.5, 0.6) is 11.5 Å². The van der Waals surface area contributed by atoms with Crippen LogP contribution in [0.2, 0.25) is 10.0 Å². The molecule has 0 spiro atoms. The number of imidazole rings is 1. The van der Waals surface area contributed by atoms with Crippen LogP contribution >= 0.6 is 23.2 Å². The number of halogens is 2. The predicted octanol–water partition coefficient (Wildman–Crippen LogP) is 6.66. The predicted molar refractivity (Wildman–Crippen MR) is 205 cm³/mol. The fourth-order valence-electron chi connectivity index (χ4n) is 7.77. The van der Waals surface area contributed by atoms with Crippen LogP contribution in [0.15, 0.2) is 54.6 Å². The van der Waals surface area contributed by atoms with Gasteiger partial charge >= 0.3 is 0 Å². The van der Waals surface area contributed by atoms with Crippen molar-refractivity contribution >= 4 is 46.1 Å². The van der Waals surface area contributed by atoms with Crippen molar-refractivity contribution in [1.29, 1.82) is 0 Å². The first-order chi connectivity index (χ1) is 24.3. The van der Waals surface area contributed by atoms with Gasteiger partial charge in [-0.05, 0) is 100 Å². The number of aromatic nitrogens is 2. The molecule has 4 aromatic rings. The Hall–Kier alpha value is -3.54. The molecule has 3 heterocycles. The van der Waals surface area contributed by atoms with Crippen molar-refractivity contribution in [3.05, 3.63) is 81.3 Å². The summed E-state index contributed by atoms with van der Waals surface area (Å²) in [7, 11) is 3.22. The molecule has 2 fully saturated rings. The van der Waals surface area contributed by atoms with E-state index >= 15 is 0 Å². The number of carbonyl (C=O) groups excluding carboxylic acids is 1. The Morgan fingerprint density at radius 3 is 2.51 bits per heavy atom. The van der Waals surface area contributed by atoms with Crippen molar-refractivity contribution < 1.29 is 24.5 Å². The molecule has 1 unspecified atom stereocenters. The summed E-state index contributed by atoms with van der Waals surface area (Å²) in [4.78, 5) is 26.2. The summed E-state index contributed by atoms with van der Waals surface area (Å²) in [6.07, 6.45) is 3.79. The zero-order valence-corrected chi connectivity index (χ0v) is 31.7. The van der Waals surface area contributed by atoms with Crippen LogP contribution in [0.1, 0.15) is 54.1 Å². The third kappa shape index (κ3) is 8.42. The molecule has 51 heavy (non-hydrogen) atoms. The molecule has 0 saturated carbocycles. The zero-order valence-electron chi connectivity index (χ0n) is 30.2. The first kappa shape index (κ1) is 38.7. The highest BCUT2D eigenvalue weighted by atomic mass is 35.5. The number of para-hydroxylation sites is 2. The zero-order chi connectivity index (χ0) is 35.3. The summed E-state index contributed by atoms with van der Waals surface area (Å²) < 4.78 is 19.2. The normalized spacial score (nSPS) is 18.4. The Bertz CT molecular complexity index is 1800. The number of methoxy groups -OCH3 is 2. The van der Waals surface area contributed by atoms with Gasteiger partial charge in [0.1, 0.15) is 0 Å². The van der Waals surface area contributed by atoms with E-state index in [4.69, 9.17) is 42.4 Å². The number of nitrogens with zero attached hydrogens (tertiary/aromatic N) is 5. The molecule has 3 aromatic carbocycles. The minimum absolute atomic E-state index is 0. The van der Waals surface area contributed by atoms with Gasteiger partial charge < -0.3 is 39.0 Å². The number of likely N-dealkylation sites (tertiary alicyclic amines) is 1. The van der Waals surface area contributed by atoms with Gasteiger partial charge in [0.05, 0.1) is 41.9 Å². The first-order valence-electron chi connectivity index (χ1n) is 17.7. The van der Waals surface area contributed by atoms with Crippen LogP contribution in [0.4, 0.5) is 5.95 Å². The number of benzene rings is 3. The number of anilines is 1. The standard InChI is InChI=1S/C39H49Cl2N5O4.H2O/c1-5-50-23-22-46-34-11-7-6-10-33(34)42-38(46)44-18-9-16-43(20-21-44)19-15-39(30-12-13-31(40)32(41)26-30)14-8-17-45(27-39)37(47)29-24-28(2)36(49-4)35(25-29)48-3;/h6-7,10-13,24-26H,5,8-9,14-23,27H2,1-4H3;1H2. The molecule has 2 saturated heterocycles. The van der Waals surface area contributed by atoms with Gasteiger partial charge in [-0.1, -0.05) is 41.4 Å². The molecular formula is C39H51Cl2N5O5. The van der Waals surface area contributed by atoms with E-state index in [2.05, 4.69) is 44.7 Å². The minimum Gasteiger partial charge on any atom is -0.493 e. The van der Waals surface area contributed by atoms with E-state index in [1.54, 1.807) is 20.3 Å². The molecule has 0 aliphatic carbocycles. The van der Waals surface area contributed by atoms with Gasteiger partial charge in [-0.3, -0.25) is 4.79 Å². The van der Waals surface area contributed by atoms with Gasteiger partial charge in [0.15, 0.2) is 11.5 Å². The molecule has 1 aromatic heterocycles. The second-order valence-electron chi connectivity index (χ2n) is 13.4. The molecule has 10 nitrogen and oxygen atoms in total. The lowest BCUT2D eigenvalue weighted by Crippen LogP contribution is -2.50. The van der Waals surface area contributed by atoms with Crippen LogP contribution in [0, 0.1) is 6.92 Å². The molecule has 12 heteroatoms. The lowest BCUT2D eigenvalue weighted by atomic mass is 9.71. The molecule has 6 rings (SSSR count). The highest BCUT2D eigenvalue weighted by molar-refractivity contribution is 6.42. The first-order valence-corrected chi connectivity index (χ1v) is 18.5. The van der Waals surface area contributed by atoms with Gasteiger partial charge in [-0.15, -0.1) is 0 Å². The van der Waals surface area contributed by atoms with Crippen molar-refractivity contribution in [2.24, 2.45) is 0 Å². The van der Waals surface area contributed by atoms with Crippen molar-refractivity contribution in [3.63, 3.8) is 0 Å². The quantitative estimate of drug-likeness (QED) is 0.150. The Kier molecular flexibility index (Phi) is 13.1. The molecule has 0 radical (unpaired) electrons. The lowest BCUT2D eigenvalue weighted by molar-refractivity contribution is 0.0612. The van der Waals surface area contributed by atoms with Gasteiger partial charge in [0.25, 0.3) is 5.91 Å². The number of aryl methyl sites for hydroxylation is 1. The summed E-state index contributed by atoms with van der Waals surface area (Å²) in [5.74, 6) is 2.22. The largest absolute Gasteiger partial charge is 0.493 e. The third-order valence-corrected chi connectivity index (χ3v) is 11.1. The molecule has 2 aliphatic heterocycles. The molecule has 2 N–H and O–H groups in total. The van der Waals surface area contributed by atoms with Crippen LogP contribution in [0.25, 0.3) is 11.0 Å². The number of piperidine rings is 1. The van der Waals surface area contributed by atoms with E-state index in [-0.39, 0.29) is 16.8 Å². The van der Waals surface area contributed by atoms with E-state index in [0.717, 1.165) is 93.1 Å². The highest BCUT2D eigenvalue weighted by Gasteiger charge is 2.40. The fourth-order valence-corrected chi connectivity index (χ4v) is 8.07. The van der Waals surface area contributed by atoms with E-state index in [1.807, 2.05) is 36.9 Å². The van der Waals surface area contributed by atoms with Crippen molar-refractivity contribution in [3.8, 4) is 11.5 Å². The number of rotatable bonds is 12. The second-order valence-corrected chi connectivity index (χ2v) is 14.3. The highest BCUT2D eigenvalue weighted by Crippen LogP contribution is 2.41. The summed E-state index contributed by atoms with van der Waals surface area (Å²) in [5.41, 5.74) is 4.49. The lowest BCUT2D eigenvalue weighted by Gasteiger charge is -2.44. The Balaban J connectivity index is 0.00000504. The van der Waals surface area contributed by atoms with E-state index < -0.39 is 0 Å². The molecule has 276 valence electrons. The number of hydrogen-bond donors (Lipinski definition) is 0. The monoisotopic (exact) mass is 739 g/mol. The Morgan fingerprint density at radius 2 is 1.75 bits per heavy atom. The molecule has 1 amide bonds. The van der Waals surface area contributed by atoms with Crippen LogP contribution < -0.4 is 14.4 Å². The average molecular weight is 741 g/mol. The number of fused-ring (bicyclic) bond motifs is 1. The van der Waals surface area contributed by atoms with E-state index in [0.29, 0.717) is 53.4 Å². The van der Waals surface area contributed by atoms with Gasteiger partial charge in [0, 0.05) is 56.9 Å². The van der Waals surface area contributed by atoms with Crippen LogP contribution in [0.3, 0.4) is 0 Å². The fraction of sp³-hybridized carbons (Fsp3) is 0.487. The maximum atomic E-state index is 14.1. The van der Waals surface area contributed by atoms with Crippen molar-refractivity contribution in [2.75, 3.05) is 78.1 Å². The topological polar surface area (TPSA) is 104 Å². The molecular weight excluding hydrogens is 689 g/mol. The third-order valence-electron chi connectivity index (χ3n) is 10.4. The maximum Gasteiger partial charge on any atom is 0.254 e. The van der Waals surface area contributed by atoms with Gasteiger partial charge in [-0.2, -0.15) is 0 Å². The SMILES string of the molecule is CCOCCn1c(N2CCCN(CCC3(c4ccc(Cl)c(Cl)c4)CCCN(C(=O)c4cc(C)c(OC)c(OC)c4)C3)CC2)nc2ccccc21.O. The minimum atomic E-state index is -0.271. The summed E-state index contributed by atoms with van der Waals surface area (Å²) in [6.45, 7) is 12.1. The van der Waals surface area contributed by atoms with Crippen LogP contribution in [-0.2, 0) is 16.7 Å². The number of hydrogen-bond acceptors (Lipinski definition) is 7. The molecule has 2 aliphatic rings. The Morgan fingerprint density at radius 1 is 0.922 bits per heavy atom. The second kappa shape index (κ2) is 17.3. The number of ether oxygens (including phenoxy) is 3. The molecule has 1 atom stereocenters. The summed E-state index contributed by atoms with van der Waals surface area (Å²) in [5, 5.41) is 1.08. The summed E-state index contributed by atoms with van der Waals surface area (Å²) >= 11 is 13.0. The smallest absolute Gasteiger partial charge is 0.254 e. The average Bonchev–Trinajstić information content (AvgIpc) is 3.32. The van der Waals surface area contributed by atoms with Gasteiger partial charge in [0.2, 0.25) is 5.95 Å². The Labute approximate surface area is 311 Å². The molecule has 0 bridgehead atoms. The van der Waals surface area contributed by atoms with Gasteiger partial charge in [-0.25, -0.2) is 4.98 Å². The maximum absolute atomic E-state index is 14.1. The number of carbonyl (C=O) groups is 1. The van der Waals surface area contributed by atoms with Crippen molar-refractivity contribution in [2.45, 2.75) is 51.5 Å². The van der Waals surface area contributed by atoms with E-state index in [9.17, 15) is 4.79 Å². The van der Waals surface area contributed by atoms with Crippen molar-refractivity contribution in [1.82, 2.24) is 19.4 Å². The number of amides is 1. The van der Waals surface area contributed by atoms with E-state index in [1.165, 1.54) is 0 Å². The van der Waals surface area contributed by atoms with Crippen LogP contribution in [-0.4, -0.2) is 104 Å². The summed E-state index contributed by atoms with van der Waals surface area (Å²) in [6, 6.07) is 18.0.